The third kappa shape index (κ3) is 2.43. The first-order valence-corrected chi connectivity index (χ1v) is 6.48. The molecule has 0 unspecified atom stereocenters. The summed E-state index contributed by atoms with van der Waals surface area (Å²) in [7, 11) is 1.59. The first kappa shape index (κ1) is 13.1. The fraction of sp³-hybridized carbons (Fsp3) is 0.133. The third-order valence-electron chi connectivity index (χ3n) is 3.20. The second-order valence-corrected chi connectivity index (χ2v) is 4.71. The molecule has 3 rings (SSSR count). The van der Waals surface area contributed by atoms with Crippen molar-refractivity contribution in [3.05, 3.63) is 48.0 Å². The Hall–Kier alpha value is -2.89. The lowest BCUT2D eigenvalue weighted by molar-refractivity contribution is 0.417. The normalized spacial score (nSPS) is 10.6. The van der Waals surface area contributed by atoms with Crippen molar-refractivity contribution < 1.29 is 4.74 Å². The smallest absolute Gasteiger partial charge is 0.187 e. The molecule has 0 spiro atoms. The molecule has 0 atom stereocenters. The standard InChI is InChI=1S/C15H15N5O/c1-10-4-3-5-12(8-10)20-15(17-18-19-20)11-6-7-14(21-2)13(16)9-11/h3-9H,16H2,1-2H3. The number of tetrazole rings is 1. The van der Waals surface area contributed by atoms with Gasteiger partial charge in [0.05, 0.1) is 18.5 Å². The van der Waals surface area contributed by atoms with Gasteiger partial charge in [0.1, 0.15) is 5.75 Å². The minimum absolute atomic E-state index is 0.550. The Morgan fingerprint density at radius 1 is 1.14 bits per heavy atom. The number of nitrogens with two attached hydrogens (primary N) is 1. The quantitative estimate of drug-likeness (QED) is 0.745. The van der Waals surface area contributed by atoms with E-state index in [1.54, 1.807) is 23.9 Å². The molecule has 106 valence electrons. The van der Waals surface area contributed by atoms with E-state index >= 15 is 0 Å². The van der Waals surface area contributed by atoms with Crippen LogP contribution in [0, 0.1) is 6.92 Å². The Morgan fingerprint density at radius 3 is 2.71 bits per heavy atom. The summed E-state index contributed by atoms with van der Waals surface area (Å²) >= 11 is 0. The molecule has 3 aromatic rings. The lowest BCUT2D eigenvalue weighted by atomic mass is 10.1. The summed E-state index contributed by atoms with van der Waals surface area (Å²) in [6, 6.07) is 13.5. The molecular weight excluding hydrogens is 266 g/mol. The zero-order valence-electron chi connectivity index (χ0n) is 11.8. The van der Waals surface area contributed by atoms with Crippen LogP contribution >= 0.6 is 0 Å². The van der Waals surface area contributed by atoms with Crippen LogP contribution in [0.3, 0.4) is 0 Å². The Balaban J connectivity index is 2.09. The third-order valence-corrected chi connectivity index (χ3v) is 3.20. The molecule has 1 heterocycles. The van der Waals surface area contributed by atoms with E-state index in [0.717, 1.165) is 16.8 Å². The van der Waals surface area contributed by atoms with Gasteiger partial charge in [0.15, 0.2) is 5.82 Å². The molecule has 0 amide bonds. The molecule has 0 bridgehead atoms. The topological polar surface area (TPSA) is 78.9 Å². The summed E-state index contributed by atoms with van der Waals surface area (Å²) < 4.78 is 6.85. The van der Waals surface area contributed by atoms with E-state index in [-0.39, 0.29) is 0 Å². The fourth-order valence-electron chi connectivity index (χ4n) is 2.17. The van der Waals surface area contributed by atoms with Gasteiger partial charge in [-0.2, -0.15) is 4.68 Å². The monoisotopic (exact) mass is 281 g/mol. The Morgan fingerprint density at radius 2 is 2.00 bits per heavy atom. The van der Waals surface area contributed by atoms with Gasteiger partial charge in [-0.3, -0.25) is 0 Å². The molecule has 2 aromatic carbocycles. The number of methoxy groups -OCH3 is 1. The van der Waals surface area contributed by atoms with Gasteiger partial charge in [-0.25, -0.2) is 0 Å². The highest BCUT2D eigenvalue weighted by Gasteiger charge is 2.12. The molecule has 0 aliphatic carbocycles. The minimum Gasteiger partial charge on any atom is -0.495 e. The van der Waals surface area contributed by atoms with Crippen LogP contribution < -0.4 is 10.5 Å². The van der Waals surface area contributed by atoms with E-state index in [2.05, 4.69) is 15.5 Å². The summed E-state index contributed by atoms with van der Waals surface area (Å²) in [5.74, 6) is 1.27. The van der Waals surface area contributed by atoms with Crippen LogP contribution in [0.25, 0.3) is 17.1 Å². The summed E-state index contributed by atoms with van der Waals surface area (Å²) in [5, 5.41) is 11.9. The lowest BCUT2D eigenvalue weighted by Gasteiger charge is -2.08. The van der Waals surface area contributed by atoms with Crippen molar-refractivity contribution in [2.75, 3.05) is 12.8 Å². The van der Waals surface area contributed by atoms with Gasteiger partial charge in [-0.15, -0.1) is 5.10 Å². The molecule has 0 saturated carbocycles. The van der Waals surface area contributed by atoms with Crippen LogP contribution in [0.4, 0.5) is 5.69 Å². The average Bonchev–Trinajstić information content (AvgIpc) is 2.96. The van der Waals surface area contributed by atoms with Crippen molar-refractivity contribution >= 4 is 5.69 Å². The van der Waals surface area contributed by atoms with E-state index in [1.165, 1.54) is 0 Å². The van der Waals surface area contributed by atoms with E-state index < -0.39 is 0 Å². The second-order valence-electron chi connectivity index (χ2n) is 4.71. The molecule has 21 heavy (non-hydrogen) atoms. The Kier molecular flexibility index (Phi) is 3.27. The largest absolute Gasteiger partial charge is 0.495 e. The van der Waals surface area contributed by atoms with Crippen molar-refractivity contribution in [3.8, 4) is 22.8 Å². The van der Waals surface area contributed by atoms with Gasteiger partial charge in [-0.05, 0) is 53.2 Å². The van der Waals surface area contributed by atoms with Gasteiger partial charge >= 0.3 is 0 Å². The number of hydrogen-bond donors (Lipinski definition) is 1. The number of aryl methyl sites for hydroxylation is 1. The van der Waals surface area contributed by atoms with Crippen LogP contribution in [0.2, 0.25) is 0 Å². The molecule has 0 aliphatic heterocycles. The van der Waals surface area contributed by atoms with E-state index in [1.807, 2.05) is 37.3 Å². The fourth-order valence-corrected chi connectivity index (χ4v) is 2.17. The number of nitrogens with zero attached hydrogens (tertiary/aromatic N) is 4. The highest BCUT2D eigenvalue weighted by molar-refractivity contribution is 5.67. The maximum atomic E-state index is 5.95. The van der Waals surface area contributed by atoms with Gasteiger partial charge < -0.3 is 10.5 Å². The number of nitrogen functional groups attached to an aromatic ring is 1. The molecule has 0 aliphatic rings. The molecular formula is C15H15N5O. The molecule has 0 saturated heterocycles. The summed E-state index contributed by atoms with van der Waals surface area (Å²) in [6.07, 6.45) is 0. The molecule has 2 N–H and O–H groups in total. The average molecular weight is 281 g/mol. The van der Waals surface area contributed by atoms with Crippen molar-refractivity contribution in [2.45, 2.75) is 6.92 Å². The first-order valence-electron chi connectivity index (χ1n) is 6.48. The number of anilines is 1. The van der Waals surface area contributed by atoms with Crippen LogP contribution in [0.5, 0.6) is 5.75 Å². The second kappa shape index (κ2) is 5.24. The van der Waals surface area contributed by atoms with Crippen molar-refractivity contribution in [1.82, 2.24) is 20.2 Å². The zero-order valence-corrected chi connectivity index (χ0v) is 11.8. The number of aromatic nitrogens is 4. The number of ether oxygens (including phenoxy) is 1. The Bertz CT molecular complexity index is 781. The van der Waals surface area contributed by atoms with Crippen LogP contribution in [-0.4, -0.2) is 27.3 Å². The molecule has 6 heteroatoms. The molecule has 6 nitrogen and oxygen atoms in total. The number of benzene rings is 2. The van der Waals surface area contributed by atoms with Gasteiger partial charge in [0.25, 0.3) is 0 Å². The Labute approximate surface area is 122 Å². The van der Waals surface area contributed by atoms with E-state index in [9.17, 15) is 0 Å². The van der Waals surface area contributed by atoms with Crippen molar-refractivity contribution in [3.63, 3.8) is 0 Å². The lowest BCUT2D eigenvalue weighted by Crippen LogP contribution is -2.01. The molecule has 0 fully saturated rings. The van der Waals surface area contributed by atoms with Crippen molar-refractivity contribution in [1.29, 1.82) is 0 Å². The summed E-state index contributed by atoms with van der Waals surface area (Å²) in [6.45, 7) is 2.03. The van der Waals surface area contributed by atoms with Gasteiger partial charge in [0, 0.05) is 5.56 Å². The number of hydrogen-bond acceptors (Lipinski definition) is 5. The summed E-state index contributed by atoms with van der Waals surface area (Å²) in [5.41, 5.74) is 9.38. The van der Waals surface area contributed by atoms with Crippen LogP contribution in [0.15, 0.2) is 42.5 Å². The van der Waals surface area contributed by atoms with Crippen LogP contribution in [0.1, 0.15) is 5.56 Å². The first-order chi connectivity index (χ1) is 10.2. The summed E-state index contributed by atoms with van der Waals surface area (Å²) in [4.78, 5) is 0. The van der Waals surface area contributed by atoms with Gasteiger partial charge in [-0.1, -0.05) is 12.1 Å². The zero-order chi connectivity index (χ0) is 14.8. The highest BCUT2D eigenvalue weighted by atomic mass is 16.5. The van der Waals surface area contributed by atoms with Gasteiger partial charge in [0.2, 0.25) is 0 Å². The minimum atomic E-state index is 0.550. The maximum Gasteiger partial charge on any atom is 0.187 e. The van der Waals surface area contributed by atoms with Crippen LogP contribution in [-0.2, 0) is 0 Å². The number of rotatable bonds is 3. The van der Waals surface area contributed by atoms with E-state index in [4.69, 9.17) is 10.5 Å². The maximum absolute atomic E-state index is 5.95. The molecule has 0 radical (unpaired) electrons. The predicted molar refractivity (Wildman–Crippen MR) is 80.3 cm³/mol. The van der Waals surface area contributed by atoms with E-state index in [0.29, 0.717) is 17.3 Å². The molecule has 1 aromatic heterocycles. The highest BCUT2D eigenvalue weighted by Crippen LogP contribution is 2.28. The predicted octanol–water partition coefficient (Wildman–Crippen LogP) is 2.23. The SMILES string of the molecule is COc1ccc(-c2nnnn2-c2cccc(C)c2)cc1N. The van der Waals surface area contributed by atoms with Crippen molar-refractivity contribution in [2.24, 2.45) is 0 Å².